The normalized spacial score (nSPS) is 35.2. The highest BCUT2D eigenvalue weighted by Gasteiger charge is 2.68. The number of hydrogen-bond donors (Lipinski definition) is 2. The molecule has 2 unspecified atom stereocenters. The number of rotatable bonds is 2. The molecular formula is C17H29NO6. The number of aliphatic hydroxyl groups excluding tert-OH is 2. The van der Waals surface area contributed by atoms with E-state index < -0.39 is 40.3 Å². The molecule has 0 amide bonds. The summed E-state index contributed by atoms with van der Waals surface area (Å²) < 4.78 is 11.3. The summed E-state index contributed by atoms with van der Waals surface area (Å²) >= 11 is 0. The van der Waals surface area contributed by atoms with Gasteiger partial charge in [0, 0.05) is 12.1 Å². The predicted molar refractivity (Wildman–Crippen MR) is 85.9 cm³/mol. The Balaban J connectivity index is 2.57. The lowest BCUT2D eigenvalue weighted by molar-refractivity contribution is -0.332. The van der Waals surface area contributed by atoms with Gasteiger partial charge in [-0.25, -0.2) is 0 Å². The summed E-state index contributed by atoms with van der Waals surface area (Å²) in [5.74, 6) is -2.97. The van der Waals surface area contributed by atoms with E-state index in [-0.39, 0.29) is 19.4 Å². The molecular weight excluding hydrogens is 314 g/mol. The molecule has 2 fully saturated rings. The molecule has 0 bridgehead atoms. The summed E-state index contributed by atoms with van der Waals surface area (Å²) in [5, 5.41) is 20.3. The lowest BCUT2D eigenvalue weighted by Gasteiger charge is -2.61. The molecule has 0 aromatic heterocycles. The number of carbonyl (C=O) groups excluding carboxylic acids is 2. The summed E-state index contributed by atoms with van der Waals surface area (Å²) in [4.78, 5) is 26.8. The summed E-state index contributed by atoms with van der Waals surface area (Å²) in [5.41, 5.74) is -2.52. The van der Waals surface area contributed by atoms with Gasteiger partial charge in [-0.1, -0.05) is 0 Å². The van der Waals surface area contributed by atoms with Crippen LogP contribution in [0.1, 0.15) is 54.4 Å². The van der Waals surface area contributed by atoms with Crippen molar-refractivity contribution < 1.29 is 29.3 Å². The molecule has 7 nitrogen and oxygen atoms in total. The van der Waals surface area contributed by atoms with Crippen LogP contribution in [0.3, 0.4) is 0 Å². The largest absolute Gasteiger partial charge is 0.418 e. The average Bonchev–Trinajstić information content (AvgIpc) is 2.49. The maximum Gasteiger partial charge on any atom is 0.315 e. The number of likely N-dealkylation sites (tertiary alicyclic amines) is 1. The fraction of sp³-hybridized carbons (Fsp3) is 0.882. The van der Waals surface area contributed by atoms with E-state index in [1.165, 1.54) is 0 Å². The van der Waals surface area contributed by atoms with E-state index in [4.69, 9.17) is 9.47 Å². The van der Waals surface area contributed by atoms with Gasteiger partial charge in [-0.3, -0.25) is 14.5 Å². The van der Waals surface area contributed by atoms with Crippen LogP contribution in [-0.4, -0.2) is 63.2 Å². The number of esters is 2. The Kier molecular flexibility index (Phi) is 4.53. The first-order valence-electron chi connectivity index (χ1n) is 8.32. The number of carbonyl (C=O) groups is 2. The first-order chi connectivity index (χ1) is 10.8. The zero-order valence-electron chi connectivity index (χ0n) is 15.4. The van der Waals surface area contributed by atoms with Crippen LogP contribution in [0.4, 0.5) is 0 Å². The van der Waals surface area contributed by atoms with Gasteiger partial charge in [-0.15, -0.1) is 0 Å². The summed E-state index contributed by atoms with van der Waals surface area (Å²) in [6.07, 6.45) is -1.05. The maximum atomic E-state index is 12.6. The van der Waals surface area contributed by atoms with Gasteiger partial charge in [-0.05, 0) is 48.0 Å². The average molecular weight is 343 g/mol. The highest BCUT2D eigenvalue weighted by atomic mass is 16.7. The van der Waals surface area contributed by atoms with Crippen LogP contribution in [0, 0.1) is 5.41 Å². The minimum absolute atomic E-state index is 0.105. The van der Waals surface area contributed by atoms with Crippen molar-refractivity contribution in [2.45, 2.75) is 77.4 Å². The molecule has 2 saturated heterocycles. The maximum absolute atomic E-state index is 12.6. The van der Waals surface area contributed by atoms with Crippen LogP contribution in [0.2, 0.25) is 0 Å². The molecule has 0 aromatic rings. The SMILES string of the molecule is CC1(C)CC(=O)OC2(OC1=O)C(O)CC(C)(C)N(CCO)C2(C)C. The van der Waals surface area contributed by atoms with Gasteiger partial charge in [0.25, 0.3) is 0 Å². The molecule has 24 heavy (non-hydrogen) atoms. The molecule has 7 heteroatoms. The Hall–Kier alpha value is -1.18. The monoisotopic (exact) mass is 343 g/mol. The van der Waals surface area contributed by atoms with Crippen LogP contribution < -0.4 is 0 Å². The number of aliphatic hydroxyl groups is 2. The second-order valence-electron chi connectivity index (χ2n) is 8.56. The molecule has 2 rings (SSSR count). The highest BCUT2D eigenvalue weighted by Crippen LogP contribution is 2.49. The second kappa shape index (κ2) is 5.68. The van der Waals surface area contributed by atoms with E-state index >= 15 is 0 Å². The lowest BCUT2D eigenvalue weighted by Crippen LogP contribution is -2.77. The first kappa shape index (κ1) is 19.1. The van der Waals surface area contributed by atoms with Crippen molar-refractivity contribution in [3.05, 3.63) is 0 Å². The smallest absolute Gasteiger partial charge is 0.315 e. The summed E-state index contributed by atoms with van der Waals surface area (Å²) in [6, 6.07) is 0. The van der Waals surface area contributed by atoms with Crippen LogP contribution in [0.5, 0.6) is 0 Å². The van der Waals surface area contributed by atoms with E-state index in [2.05, 4.69) is 0 Å². The predicted octanol–water partition coefficient (Wildman–Crippen LogP) is 0.815. The number of piperidine rings is 1. The third-order valence-corrected chi connectivity index (χ3v) is 5.36. The molecule has 2 N–H and O–H groups in total. The van der Waals surface area contributed by atoms with Crippen molar-refractivity contribution in [1.29, 1.82) is 0 Å². The molecule has 0 radical (unpaired) electrons. The highest BCUT2D eigenvalue weighted by molar-refractivity contribution is 5.85. The minimum atomic E-state index is -1.81. The standard InChI is InChI=1S/C17H29NO6/c1-14(2)10-12(21)23-17(24-13(14)22)11(20)9-15(3,4)18(7-8-19)16(17,5)6/h11,19-20H,7-10H2,1-6H3. The molecule has 0 aromatic carbocycles. The van der Waals surface area contributed by atoms with Crippen molar-refractivity contribution >= 4 is 11.9 Å². The number of β-amino-alcohol motifs (C(OH)–C–C–N with tert-alkyl or cyclic N) is 1. The summed E-state index contributed by atoms with van der Waals surface area (Å²) in [6.45, 7) is 10.8. The van der Waals surface area contributed by atoms with Gasteiger partial charge in [0.2, 0.25) is 0 Å². The van der Waals surface area contributed by atoms with E-state index in [0.29, 0.717) is 6.54 Å². The topological polar surface area (TPSA) is 96.3 Å². The molecule has 138 valence electrons. The van der Waals surface area contributed by atoms with Crippen molar-refractivity contribution in [2.75, 3.05) is 13.2 Å². The molecule has 2 aliphatic rings. The number of hydrogen-bond acceptors (Lipinski definition) is 7. The van der Waals surface area contributed by atoms with Crippen LogP contribution in [-0.2, 0) is 19.1 Å². The van der Waals surface area contributed by atoms with Gasteiger partial charge in [0.15, 0.2) is 0 Å². The van der Waals surface area contributed by atoms with Crippen LogP contribution >= 0.6 is 0 Å². The molecule has 2 aliphatic heterocycles. The quantitative estimate of drug-likeness (QED) is 0.716. The van der Waals surface area contributed by atoms with E-state index in [1.54, 1.807) is 27.7 Å². The summed E-state index contributed by atoms with van der Waals surface area (Å²) in [7, 11) is 0. The number of ether oxygens (including phenoxy) is 2. The zero-order valence-corrected chi connectivity index (χ0v) is 15.4. The number of nitrogens with zero attached hydrogens (tertiary/aromatic N) is 1. The fourth-order valence-corrected chi connectivity index (χ4v) is 4.07. The van der Waals surface area contributed by atoms with Crippen LogP contribution in [0.15, 0.2) is 0 Å². The molecule has 1 spiro atoms. The van der Waals surface area contributed by atoms with Gasteiger partial charge in [-0.2, -0.15) is 0 Å². The van der Waals surface area contributed by atoms with Crippen molar-refractivity contribution in [1.82, 2.24) is 4.90 Å². The minimum Gasteiger partial charge on any atom is -0.418 e. The van der Waals surface area contributed by atoms with Crippen LogP contribution in [0.25, 0.3) is 0 Å². The Morgan fingerprint density at radius 2 is 1.71 bits per heavy atom. The Morgan fingerprint density at radius 1 is 1.12 bits per heavy atom. The van der Waals surface area contributed by atoms with Crippen molar-refractivity contribution in [2.24, 2.45) is 5.41 Å². The van der Waals surface area contributed by atoms with Gasteiger partial charge in [0.1, 0.15) is 6.10 Å². The van der Waals surface area contributed by atoms with Crippen molar-refractivity contribution in [3.63, 3.8) is 0 Å². The Morgan fingerprint density at radius 3 is 2.25 bits per heavy atom. The van der Waals surface area contributed by atoms with Gasteiger partial charge < -0.3 is 19.7 Å². The van der Waals surface area contributed by atoms with Gasteiger partial charge in [0.05, 0.1) is 24.0 Å². The Labute approximate surface area is 142 Å². The van der Waals surface area contributed by atoms with E-state index in [0.717, 1.165) is 0 Å². The first-order valence-corrected chi connectivity index (χ1v) is 8.32. The lowest BCUT2D eigenvalue weighted by atomic mass is 9.73. The fourth-order valence-electron chi connectivity index (χ4n) is 4.07. The molecule has 2 heterocycles. The molecule has 0 aliphatic carbocycles. The molecule has 0 saturated carbocycles. The van der Waals surface area contributed by atoms with Gasteiger partial charge >= 0.3 is 17.7 Å². The third-order valence-electron chi connectivity index (χ3n) is 5.36. The zero-order chi connectivity index (χ0) is 18.6. The van der Waals surface area contributed by atoms with Crippen molar-refractivity contribution in [3.8, 4) is 0 Å². The van der Waals surface area contributed by atoms with E-state index in [1.807, 2.05) is 18.7 Å². The third kappa shape index (κ3) is 2.72. The van der Waals surface area contributed by atoms with E-state index in [9.17, 15) is 19.8 Å². The molecule has 2 atom stereocenters. The second-order valence-corrected chi connectivity index (χ2v) is 8.56. The Bertz CT molecular complexity index is 541.